The molecule has 1 unspecified atom stereocenters. The first kappa shape index (κ1) is 12.4. The largest absolute Gasteiger partial charge is 0.480 e. The van der Waals surface area contributed by atoms with Crippen LogP contribution in [0.25, 0.3) is 0 Å². The number of aliphatic carboxylic acids is 1. The van der Waals surface area contributed by atoms with Gasteiger partial charge in [0.25, 0.3) is 0 Å². The van der Waals surface area contributed by atoms with Gasteiger partial charge in [-0.2, -0.15) is 0 Å². The third kappa shape index (κ3) is 7.74. The van der Waals surface area contributed by atoms with Crippen LogP contribution >= 0.6 is 0 Å². The van der Waals surface area contributed by atoms with Crippen LogP contribution in [0.1, 0.15) is 32.6 Å². The van der Waals surface area contributed by atoms with E-state index in [0.717, 1.165) is 6.04 Å². The zero-order valence-electron chi connectivity index (χ0n) is 8.12. The molecule has 0 aliphatic carbocycles. The quantitative estimate of drug-likeness (QED) is 0.595. The molecule has 1 heterocycles. The Balaban J connectivity index is 0.000000252. The fraction of sp³-hybridized carbons (Fsp3) is 0.889. The van der Waals surface area contributed by atoms with Crippen LogP contribution in [0.5, 0.6) is 0 Å². The number of carbonyl (C=O) groups is 1. The van der Waals surface area contributed by atoms with Gasteiger partial charge >= 0.3 is 5.97 Å². The van der Waals surface area contributed by atoms with Gasteiger partial charge in [0.05, 0.1) is 0 Å². The highest BCUT2D eigenvalue weighted by Crippen LogP contribution is 2.08. The van der Waals surface area contributed by atoms with Gasteiger partial charge in [-0.3, -0.25) is 0 Å². The van der Waals surface area contributed by atoms with Gasteiger partial charge < -0.3 is 15.5 Å². The van der Waals surface area contributed by atoms with Crippen molar-refractivity contribution in [3.63, 3.8) is 0 Å². The molecule has 13 heavy (non-hydrogen) atoms. The van der Waals surface area contributed by atoms with Crippen molar-refractivity contribution in [3.05, 3.63) is 0 Å². The minimum absolute atomic E-state index is 0.778. The molecule has 1 aliphatic rings. The third-order valence-electron chi connectivity index (χ3n) is 2.04. The molecule has 0 aromatic rings. The molecule has 0 spiro atoms. The molecule has 78 valence electrons. The Bertz CT molecular complexity index is 133. The molecule has 1 rings (SSSR count). The first-order valence-corrected chi connectivity index (χ1v) is 4.76. The van der Waals surface area contributed by atoms with Crippen LogP contribution in [0.15, 0.2) is 0 Å². The monoisotopic (exact) mass is 189 g/mol. The molecule has 4 nitrogen and oxygen atoms in total. The molecule has 1 aliphatic heterocycles. The molecule has 0 aromatic heterocycles. The van der Waals surface area contributed by atoms with E-state index in [9.17, 15) is 0 Å². The van der Waals surface area contributed by atoms with Gasteiger partial charge in [0.1, 0.15) is 6.61 Å². The summed E-state index contributed by atoms with van der Waals surface area (Å²) in [6.07, 6.45) is 5.53. The number of carboxylic acid groups (broad SMARTS) is 1. The van der Waals surface area contributed by atoms with E-state index >= 15 is 0 Å². The molecule has 0 bridgehead atoms. The van der Waals surface area contributed by atoms with Gasteiger partial charge in [-0.05, 0) is 25.8 Å². The van der Waals surface area contributed by atoms with E-state index in [2.05, 4.69) is 12.2 Å². The topological polar surface area (TPSA) is 69.6 Å². The molecule has 4 heteroatoms. The number of rotatable bonds is 2. The zero-order chi connectivity index (χ0) is 10.1. The van der Waals surface area contributed by atoms with Gasteiger partial charge in [-0.1, -0.05) is 13.3 Å². The smallest absolute Gasteiger partial charge is 0.329 e. The second-order valence-electron chi connectivity index (χ2n) is 3.11. The van der Waals surface area contributed by atoms with E-state index in [-0.39, 0.29) is 0 Å². The van der Waals surface area contributed by atoms with E-state index in [0.29, 0.717) is 0 Å². The molecule has 0 aromatic carbocycles. The second-order valence-corrected chi connectivity index (χ2v) is 3.11. The molecule has 0 radical (unpaired) electrons. The van der Waals surface area contributed by atoms with E-state index in [1.165, 1.54) is 32.2 Å². The minimum atomic E-state index is -1.19. The number of piperidine rings is 1. The first-order valence-electron chi connectivity index (χ1n) is 4.76. The average Bonchev–Trinajstić information content (AvgIpc) is 2.20. The molecular weight excluding hydrogens is 170 g/mol. The van der Waals surface area contributed by atoms with Crippen LogP contribution in [0, 0.1) is 0 Å². The van der Waals surface area contributed by atoms with Gasteiger partial charge in [0.2, 0.25) is 0 Å². The lowest BCUT2D eigenvalue weighted by Gasteiger charge is -2.21. The number of aliphatic hydroxyl groups excluding tert-OH is 1. The molecule has 3 N–H and O–H groups in total. The van der Waals surface area contributed by atoms with E-state index in [1.807, 2.05) is 0 Å². The molecule has 1 fully saturated rings. The number of nitrogens with one attached hydrogen (secondary N) is 1. The summed E-state index contributed by atoms with van der Waals surface area (Å²) in [7, 11) is 0. The fourth-order valence-electron chi connectivity index (χ4n) is 1.27. The van der Waals surface area contributed by atoms with Crippen molar-refractivity contribution in [1.82, 2.24) is 5.32 Å². The summed E-state index contributed by atoms with van der Waals surface area (Å²) in [6, 6.07) is 0.837. The van der Waals surface area contributed by atoms with Crippen LogP contribution in [-0.4, -0.2) is 35.4 Å². The maximum Gasteiger partial charge on any atom is 0.329 e. The molecule has 0 amide bonds. The summed E-state index contributed by atoms with van der Waals surface area (Å²) in [4.78, 5) is 9.12. The summed E-state index contributed by atoms with van der Waals surface area (Å²) < 4.78 is 0. The van der Waals surface area contributed by atoms with Crippen molar-refractivity contribution in [1.29, 1.82) is 0 Å². The van der Waals surface area contributed by atoms with Gasteiger partial charge in [0, 0.05) is 6.04 Å². The average molecular weight is 189 g/mol. The fourth-order valence-corrected chi connectivity index (χ4v) is 1.27. The highest BCUT2D eigenvalue weighted by Gasteiger charge is 2.08. The van der Waals surface area contributed by atoms with Crippen molar-refractivity contribution in [2.45, 2.75) is 38.6 Å². The SMILES string of the molecule is CCC1CCCCN1.O=C(O)CO. The number of carboxylic acids is 1. The van der Waals surface area contributed by atoms with Crippen LogP contribution in [-0.2, 0) is 4.79 Å². The lowest BCUT2D eigenvalue weighted by atomic mass is 10.0. The Hall–Kier alpha value is -0.610. The standard InChI is InChI=1S/C7H15N.C2H4O3/c1-2-7-5-3-4-6-8-7;3-1-2(4)5/h7-8H,2-6H2,1H3;3H,1H2,(H,4,5). The van der Waals surface area contributed by atoms with Crippen molar-refractivity contribution >= 4 is 5.97 Å². The summed E-state index contributed by atoms with van der Waals surface area (Å²) in [5.41, 5.74) is 0. The van der Waals surface area contributed by atoms with E-state index < -0.39 is 12.6 Å². The zero-order valence-corrected chi connectivity index (χ0v) is 8.12. The Morgan fingerprint density at radius 1 is 1.54 bits per heavy atom. The Kier molecular flexibility index (Phi) is 7.63. The Morgan fingerprint density at radius 2 is 2.15 bits per heavy atom. The van der Waals surface area contributed by atoms with Crippen LogP contribution in [0.4, 0.5) is 0 Å². The van der Waals surface area contributed by atoms with Gasteiger partial charge in [-0.15, -0.1) is 0 Å². The third-order valence-corrected chi connectivity index (χ3v) is 2.04. The van der Waals surface area contributed by atoms with Gasteiger partial charge in [-0.25, -0.2) is 4.79 Å². The molecule has 1 atom stereocenters. The number of hydrogen-bond donors (Lipinski definition) is 3. The predicted octanol–water partition coefficient (Wildman–Crippen LogP) is 0.602. The second kappa shape index (κ2) is 8.01. The number of hydrogen-bond acceptors (Lipinski definition) is 3. The lowest BCUT2D eigenvalue weighted by Crippen LogP contribution is -2.32. The number of aliphatic hydroxyl groups is 1. The molecule has 0 saturated carbocycles. The molecular formula is C9H19NO3. The normalized spacial score (nSPS) is 21.5. The predicted molar refractivity (Wildman–Crippen MR) is 50.7 cm³/mol. The summed E-state index contributed by atoms with van der Waals surface area (Å²) in [5, 5.41) is 18.5. The maximum atomic E-state index is 9.12. The van der Waals surface area contributed by atoms with Crippen molar-refractivity contribution in [3.8, 4) is 0 Å². The maximum absolute atomic E-state index is 9.12. The highest BCUT2D eigenvalue weighted by atomic mass is 16.4. The summed E-state index contributed by atoms with van der Waals surface area (Å²) in [5.74, 6) is -1.19. The highest BCUT2D eigenvalue weighted by molar-refractivity contribution is 5.67. The van der Waals surface area contributed by atoms with Crippen molar-refractivity contribution < 1.29 is 15.0 Å². The van der Waals surface area contributed by atoms with Crippen LogP contribution < -0.4 is 5.32 Å². The van der Waals surface area contributed by atoms with Crippen molar-refractivity contribution in [2.24, 2.45) is 0 Å². The minimum Gasteiger partial charge on any atom is -0.480 e. The van der Waals surface area contributed by atoms with Crippen LogP contribution in [0.3, 0.4) is 0 Å². The van der Waals surface area contributed by atoms with Crippen molar-refractivity contribution in [2.75, 3.05) is 13.2 Å². The summed E-state index contributed by atoms with van der Waals surface area (Å²) >= 11 is 0. The first-order chi connectivity index (χ1) is 6.20. The Morgan fingerprint density at radius 3 is 2.38 bits per heavy atom. The summed E-state index contributed by atoms with van der Waals surface area (Å²) in [6.45, 7) is 2.72. The van der Waals surface area contributed by atoms with Gasteiger partial charge in [0.15, 0.2) is 0 Å². The lowest BCUT2D eigenvalue weighted by molar-refractivity contribution is -0.140. The van der Waals surface area contributed by atoms with Crippen LogP contribution in [0.2, 0.25) is 0 Å². The van der Waals surface area contributed by atoms with E-state index in [1.54, 1.807) is 0 Å². The Labute approximate surface area is 79.0 Å². The molecule has 1 saturated heterocycles. The van der Waals surface area contributed by atoms with E-state index in [4.69, 9.17) is 15.0 Å².